The summed E-state index contributed by atoms with van der Waals surface area (Å²) >= 11 is 0. The Morgan fingerprint density at radius 2 is 2.21 bits per heavy atom. The normalized spacial score (nSPS) is 20.2. The number of esters is 2. The van der Waals surface area contributed by atoms with E-state index in [1.165, 1.54) is 0 Å². The fraction of sp³-hybridized carbons (Fsp3) is 0.667. The summed E-state index contributed by atoms with van der Waals surface area (Å²) in [4.78, 5) is 22.5. The molecule has 7 heteroatoms. The minimum absolute atomic E-state index is 0.0461. The lowest BCUT2D eigenvalue weighted by atomic mass is 10.2. The fourth-order valence-electron chi connectivity index (χ4n) is 1.51. The molecular weight excluding hydrogens is 256 g/mol. The Bertz CT molecular complexity index is 374. The zero-order valence-corrected chi connectivity index (χ0v) is 10.9. The van der Waals surface area contributed by atoms with Crippen molar-refractivity contribution < 1.29 is 34.0 Å². The Labute approximate surface area is 110 Å². The summed E-state index contributed by atoms with van der Waals surface area (Å²) in [6.07, 6.45) is -0.872. The number of carbonyl (C=O) groups excluding carboxylic acids is 2. The summed E-state index contributed by atoms with van der Waals surface area (Å²) in [7, 11) is 0. The van der Waals surface area contributed by atoms with Gasteiger partial charge in [0.25, 0.3) is 5.76 Å². The molecule has 0 fully saturated rings. The highest BCUT2D eigenvalue weighted by Crippen LogP contribution is 2.27. The van der Waals surface area contributed by atoms with E-state index in [-0.39, 0.29) is 11.5 Å². The van der Waals surface area contributed by atoms with Crippen molar-refractivity contribution in [2.75, 3.05) is 13.2 Å². The van der Waals surface area contributed by atoms with Crippen LogP contribution in [0.25, 0.3) is 0 Å². The molecule has 0 unspecified atom stereocenters. The van der Waals surface area contributed by atoms with Gasteiger partial charge in [-0.15, -0.1) is 0 Å². The van der Waals surface area contributed by atoms with E-state index in [1.807, 2.05) is 6.92 Å². The zero-order valence-electron chi connectivity index (χ0n) is 10.9. The molecule has 0 radical (unpaired) electrons. The van der Waals surface area contributed by atoms with Crippen LogP contribution in [0.5, 0.6) is 0 Å². The number of ether oxygens (including phenoxy) is 3. The maximum absolute atomic E-state index is 11.6. The van der Waals surface area contributed by atoms with E-state index in [4.69, 9.17) is 19.3 Å². The lowest BCUT2D eigenvalue weighted by Crippen LogP contribution is -2.32. The first-order valence-electron chi connectivity index (χ1n) is 6.06. The van der Waals surface area contributed by atoms with Crippen LogP contribution in [0.15, 0.2) is 11.5 Å². The van der Waals surface area contributed by atoms with Gasteiger partial charge < -0.3 is 24.4 Å². The van der Waals surface area contributed by atoms with Crippen LogP contribution >= 0.6 is 0 Å². The van der Waals surface area contributed by atoms with E-state index < -0.39 is 30.8 Å². The van der Waals surface area contributed by atoms with Crippen LogP contribution < -0.4 is 0 Å². The maximum atomic E-state index is 11.6. The molecule has 0 aliphatic carbocycles. The van der Waals surface area contributed by atoms with Crippen molar-refractivity contribution in [3.8, 4) is 0 Å². The number of rotatable bonds is 7. The van der Waals surface area contributed by atoms with Gasteiger partial charge in [0, 0.05) is 6.92 Å². The molecule has 0 bridgehead atoms. The molecule has 1 heterocycles. The SMILES string of the molecule is CCCCOC1=C(OC(C)=O)C(=O)O[C@@H]1[C@@H](O)CO. The van der Waals surface area contributed by atoms with Crippen LogP contribution in [0, 0.1) is 0 Å². The Kier molecular flexibility index (Phi) is 5.78. The highest BCUT2D eigenvalue weighted by atomic mass is 16.6. The van der Waals surface area contributed by atoms with Crippen molar-refractivity contribution in [2.24, 2.45) is 0 Å². The second-order valence-corrected chi connectivity index (χ2v) is 4.06. The van der Waals surface area contributed by atoms with E-state index >= 15 is 0 Å². The molecule has 0 aromatic rings. The average molecular weight is 274 g/mol. The van der Waals surface area contributed by atoms with Gasteiger partial charge in [0.2, 0.25) is 0 Å². The van der Waals surface area contributed by atoms with Gasteiger partial charge in [-0.2, -0.15) is 0 Å². The summed E-state index contributed by atoms with van der Waals surface area (Å²) in [5, 5.41) is 18.5. The van der Waals surface area contributed by atoms with Gasteiger partial charge in [-0.3, -0.25) is 4.79 Å². The molecule has 2 N–H and O–H groups in total. The van der Waals surface area contributed by atoms with Crippen LogP contribution in [-0.2, 0) is 23.8 Å². The van der Waals surface area contributed by atoms with Crippen molar-refractivity contribution in [2.45, 2.75) is 38.9 Å². The fourth-order valence-corrected chi connectivity index (χ4v) is 1.51. The van der Waals surface area contributed by atoms with Crippen molar-refractivity contribution in [1.82, 2.24) is 0 Å². The van der Waals surface area contributed by atoms with E-state index in [1.54, 1.807) is 0 Å². The van der Waals surface area contributed by atoms with Crippen molar-refractivity contribution in [1.29, 1.82) is 0 Å². The Morgan fingerprint density at radius 3 is 2.74 bits per heavy atom. The van der Waals surface area contributed by atoms with Crippen LogP contribution in [-0.4, -0.2) is 47.6 Å². The van der Waals surface area contributed by atoms with Gasteiger partial charge in [-0.25, -0.2) is 4.79 Å². The minimum atomic E-state index is -1.33. The topological polar surface area (TPSA) is 102 Å². The quantitative estimate of drug-likeness (QED) is 0.492. The minimum Gasteiger partial charge on any atom is -0.490 e. The van der Waals surface area contributed by atoms with Gasteiger partial charge >= 0.3 is 11.9 Å². The second kappa shape index (κ2) is 7.10. The predicted octanol–water partition coefficient (Wildman–Crippen LogP) is -0.144. The first-order chi connectivity index (χ1) is 9.01. The van der Waals surface area contributed by atoms with Gasteiger partial charge in [-0.05, 0) is 6.42 Å². The summed E-state index contributed by atoms with van der Waals surface area (Å²) in [6.45, 7) is 2.79. The van der Waals surface area contributed by atoms with Crippen molar-refractivity contribution in [3.63, 3.8) is 0 Å². The van der Waals surface area contributed by atoms with Crippen molar-refractivity contribution in [3.05, 3.63) is 11.5 Å². The molecule has 0 amide bonds. The molecule has 2 atom stereocenters. The molecule has 19 heavy (non-hydrogen) atoms. The summed E-state index contributed by atoms with van der Waals surface area (Å²) in [5.41, 5.74) is 0. The number of aliphatic hydroxyl groups is 2. The summed E-state index contributed by atoms with van der Waals surface area (Å²) in [5.74, 6) is -1.99. The maximum Gasteiger partial charge on any atom is 0.378 e. The van der Waals surface area contributed by atoms with E-state index in [9.17, 15) is 14.7 Å². The molecule has 0 saturated carbocycles. The Morgan fingerprint density at radius 1 is 1.53 bits per heavy atom. The van der Waals surface area contributed by atoms with Crippen LogP contribution in [0.3, 0.4) is 0 Å². The first-order valence-corrected chi connectivity index (χ1v) is 6.06. The van der Waals surface area contributed by atoms with Crippen LogP contribution in [0.4, 0.5) is 0 Å². The average Bonchev–Trinajstić information content (AvgIpc) is 2.66. The molecule has 0 spiro atoms. The highest BCUT2D eigenvalue weighted by Gasteiger charge is 2.42. The summed E-state index contributed by atoms with van der Waals surface area (Å²) in [6, 6.07) is 0. The third-order valence-corrected chi connectivity index (χ3v) is 2.44. The van der Waals surface area contributed by atoms with E-state index in [2.05, 4.69) is 0 Å². The molecule has 1 rings (SSSR count). The molecule has 108 valence electrons. The van der Waals surface area contributed by atoms with Gasteiger partial charge in [0.05, 0.1) is 13.2 Å². The van der Waals surface area contributed by atoms with E-state index in [0.717, 1.165) is 19.8 Å². The lowest BCUT2D eigenvalue weighted by Gasteiger charge is -2.18. The molecule has 1 aliphatic rings. The molecule has 0 aromatic carbocycles. The largest absolute Gasteiger partial charge is 0.490 e. The Balaban J connectivity index is 2.92. The molecular formula is C12H18O7. The number of aliphatic hydroxyl groups excluding tert-OH is 2. The first kappa shape index (κ1) is 15.5. The number of hydrogen-bond donors (Lipinski definition) is 2. The second-order valence-electron chi connectivity index (χ2n) is 4.06. The number of hydrogen-bond acceptors (Lipinski definition) is 7. The molecule has 7 nitrogen and oxygen atoms in total. The lowest BCUT2D eigenvalue weighted by molar-refractivity contribution is -0.152. The van der Waals surface area contributed by atoms with Gasteiger partial charge in [-0.1, -0.05) is 13.3 Å². The molecule has 1 aliphatic heterocycles. The third-order valence-electron chi connectivity index (χ3n) is 2.44. The number of cyclic esters (lactones) is 1. The van der Waals surface area contributed by atoms with Crippen LogP contribution in [0.2, 0.25) is 0 Å². The predicted molar refractivity (Wildman–Crippen MR) is 62.6 cm³/mol. The van der Waals surface area contributed by atoms with Gasteiger partial charge in [0.1, 0.15) is 6.10 Å². The Hall–Kier alpha value is -1.60. The number of unbranched alkanes of at least 4 members (excludes halogenated alkanes) is 1. The zero-order chi connectivity index (χ0) is 14.4. The van der Waals surface area contributed by atoms with Crippen molar-refractivity contribution >= 4 is 11.9 Å². The smallest absolute Gasteiger partial charge is 0.378 e. The molecule has 0 saturated heterocycles. The number of carbonyl (C=O) groups is 2. The van der Waals surface area contributed by atoms with E-state index in [0.29, 0.717) is 6.61 Å². The van der Waals surface area contributed by atoms with Crippen LogP contribution in [0.1, 0.15) is 26.7 Å². The standard InChI is InChI=1S/C12H18O7/c1-3-4-5-17-10-9(8(15)6-13)19-12(16)11(10)18-7(2)14/h8-9,13,15H,3-6H2,1-2H3/t8-,9+/m0/s1. The molecule has 0 aromatic heterocycles. The highest BCUT2D eigenvalue weighted by molar-refractivity contribution is 5.92. The monoisotopic (exact) mass is 274 g/mol. The van der Waals surface area contributed by atoms with Gasteiger partial charge in [0.15, 0.2) is 11.9 Å². The third kappa shape index (κ3) is 3.93. The summed E-state index contributed by atoms with van der Waals surface area (Å²) < 4.78 is 14.9.